The molecule has 0 saturated carbocycles. The van der Waals surface area contributed by atoms with Crippen LogP contribution in [-0.4, -0.2) is 25.0 Å². The Kier molecular flexibility index (Phi) is 7.80. The number of hydrogen-bond donors (Lipinski definition) is 2. The third-order valence-electron chi connectivity index (χ3n) is 3.62. The van der Waals surface area contributed by atoms with E-state index in [4.69, 9.17) is 9.47 Å². The van der Waals surface area contributed by atoms with Crippen LogP contribution in [0.5, 0.6) is 11.5 Å². The number of ether oxygens (including phenoxy) is 2. The Labute approximate surface area is 171 Å². The van der Waals surface area contributed by atoms with E-state index in [1.807, 2.05) is 13.8 Å². The van der Waals surface area contributed by atoms with Crippen LogP contribution < -0.4 is 20.1 Å². The number of anilines is 2. The minimum atomic E-state index is -0.580. The number of amides is 2. The Bertz CT molecular complexity index is 874. The van der Waals surface area contributed by atoms with Gasteiger partial charge in [0, 0.05) is 17.1 Å². The number of hydrogen-bond acceptors (Lipinski definition) is 4. The van der Waals surface area contributed by atoms with Crippen LogP contribution >= 0.6 is 15.9 Å². The predicted octanol–water partition coefficient (Wildman–Crippen LogP) is 4.53. The maximum Gasteiger partial charge on any atom is 0.228 e. The monoisotopic (exact) mass is 452 g/mol. The van der Waals surface area contributed by atoms with E-state index in [9.17, 15) is 14.0 Å². The SMILES string of the molecule is CCOc1cc(Br)c(CC(=O)Nc2ccc(F)c(NC(C)=O)c2)cc1OCC. The van der Waals surface area contributed by atoms with Gasteiger partial charge in [0.15, 0.2) is 11.5 Å². The first-order valence-electron chi connectivity index (χ1n) is 8.79. The van der Waals surface area contributed by atoms with Crippen LogP contribution in [0.25, 0.3) is 0 Å². The molecule has 6 nitrogen and oxygen atoms in total. The van der Waals surface area contributed by atoms with Gasteiger partial charge in [-0.1, -0.05) is 15.9 Å². The van der Waals surface area contributed by atoms with Gasteiger partial charge in [-0.05, 0) is 49.7 Å². The van der Waals surface area contributed by atoms with Crippen molar-refractivity contribution in [1.82, 2.24) is 0 Å². The van der Waals surface area contributed by atoms with Crippen LogP contribution in [0.3, 0.4) is 0 Å². The van der Waals surface area contributed by atoms with Gasteiger partial charge in [-0.15, -0.1) is 0 Å². The first-order valence-corrected chi connectivity index (χ1v) is 9.58. The molecular formula is C20H22BrFN2O4. The summed E-state index contributed by atoms with van der Waals surface area (Å²) >= 11 is 3.45. The largest absolute Gasteiger partial charge is 0.490 e. The molecule has 2 aromatic carbocycles. The molecule has 0 saturated heterocycles. The van der Waals surface area contributed by atoms with E-state index in [1.165, 1.54) is 25.1 Å². The van der Waals surface area contributed by atoms with E-state index in [0.29, 0.717) is 40.4 Å². The Hall–Kier alpha value is -2.61. The molecule has 2 aromatic rings. The van der Waals surface area contributed by atoms with Gasteiger partial charge in [0.05, 0.1) is 25.3 Å². The number of carbonyl (C=O) groups excluding carboxylic acids is 2. The van der Waals surface area contributed by atoms with Gasteiger partial charge in [-0.3, -0.25) is 9.59 Å². The maximum atomic E-state index is 13.7. The molecular weight excluding hydrogens is 431 g/mol. The fraction of sp³-hybridized carbons (Fsp3) is 0.300. The van der Waals surface area contributed by atoms with Crippen molar-refractivity contribution in [3.63, 3.8) is 0 Å². The van der Waals surface area contributed by atoms with Gasteiger partial charge < -0.3 is 20.1 Å². The molecule has 0 unspecified atom stereocenters. The number of benzene rings is 2. The van der Waals surface area contributed by atoms with Crippen LogP contribution in [0.15, 0.2) is 34.8 Å². The first-order chi connectivity index (χ1) is 13.3. The number of halogens is 2. The highest BCUT2D eigenvalue weighted by atomic mass is 79.9. The molecule has 2 amide bonds. The van der Waals surface area contributed by atoms with Crippen LogP contribution in [0.4, 0.5) is 15.8 Å². The Morgan fingerprint density at radius 3 is 2.29 bits per heavy atom. The van der Waals surface area contributed by atoms with Crippen molar-refractivity contribution in [2.75, 3.05) is 23.8 Å². The van der Waals surface area contributed by atoms with E-state index < -0.39 is 11.7 Å². The summed E-state index contributed by atoms with van der Waals surface area (Å²) in [7, 11) is 0. The van der Waals surface area contributed by atoms with Crippen LogP contribution in [0.1, 0.15) is 26.3 Å². The Morgan fingerprint density at radius 2 is 1.68 bits per heavy atom. The smallest absolute Gasteiger partial charge is 0.228 e. The molecule has 0 aliphatic carbocycles. The molecule has 0 bridgehead atoms. The van der Waals surface area contributed by atoms with Gasteiger partial charge in [0.25, 0.3) is 0 Å². The van der Waals surface area contributed by atoms with Crippen molar-refractivity contribution in [3.05, 3.63) is 46.2 Å². The van der Waals surface area contributed by atoms with E-state index in [0.717, 1.165) is 0 Å². The van der Waals surface area contributed by atoms with Crippen LogP contribution in [-0.2, 0) is 16.0 Å². The summed E-state index contributed by atoms with van der Waals surface area (Å²) in [6, 6.07) is 7.50. The molecule has 2 rings (SSSR count). The second-order valence-electron chi connectivity index (χ2n) is 5.86. The second-order valence-corrected chi connectivity index (χ2v) is 6.71. The van der Waals surface area contributed by atoms with Crippen molar-refractivity contribution in [1.29, 1.82) is 0 Å². The van der Waals surface area contributed by atoms with E-state index in [-0.39, 0.29) is 18.0 Å². The zero-order chi connectivity index (χ0) is 20.7. The lowest BCUT2D eigenvalue weighted by atomic mass is 10.1. The lowest BCUT2D eigenvalue weighted by Gasteiger charge is -2.14. The number of rotatable bonds is 8. The quantitative estimate of drug-likeness (QED) is 0.616. The van der Waals surface area contributed by atoms with E-state index in [1.54, 1.807) is 12.1 Å². The fourth-order valence-electron chi connectivity index (χ4n) is 2.52. The molecule has 0 aromatic heterocycles. The zero-order valence-corrected chi connectivity index (χ0v) is 17.5. The molecule has 150 valence electrons. The first kappa shape index (κ1) is 21.7. The highest BCUT2D eigenvalue weighted by Gasteiger charge is 2.14. The van der Waals surface area contributed by atoms with Crippen LogP contribution in [0, 0.1) is 5.82 Å². The number of carbonyl (C=O) groups is 2. The van der Waals surface area contributed by atoms with Gasteiger partial charge in [0.1, 0.15) is 5.82 Å². The Balaban J connectivity index is 2.16. The van der Waals surface area contributed by atoms with Gasteiger partial charge in [-0.2, -0.15) is 0 Å². The van der Waals surface area contributed by atoms with Crippen molar-refractivity contribution in [2.45, 2.75) is 27.2 Å². The summed E-state index contributed by atoms with van der Waals surface area (Å²) in [5.41, 5.74) is 1.10. The molecule has 0 spiro atoms. The third-order valence-corrected chi connectivity index (χ3v) is 4.36. The minimum absolute atomic E-state index is 0.00572. The highest BCUT2D eigenvalue weighted by Crippen LogP contribution is 2.34. The Morgan fingerprint density at radius 1 is 1.04 bits per heavy atom. The summed E-state index contributed by atoms with van der Waals surface area (Å²) < 4.78 is 25.6. The number of nitrogens with one attached hydrogen (secondary N) is 2. The second kappa shape index (κ2) is 10.1. The summed E-state index contributed by atoms with van der Waals surface area (Å²) in [6.07, 6.45) is 0.0694. The zero-order valence-electron chi connectivity index (χ0n) is 15.9. The van der Waals surface area contributed by atoms with Crippen molar-refractivity contribution >= 4 is 39.1 Å². The molecule has 0 radical (unpaired) electrons. The molecule has 2 N–H and O–H groups in total. The molecule has 28 heavy (non-hydrogen) atoms. The molecule has 0 atom stereocenters. The standard InChI is InChI=1S/C20H22BrFN2O4/c1-4-27-18-8-13(15(21)11-19(18)28-5-2)9-20(26)24-14-6-7-16(22)17(10-14)23-12(3)25/h6-8,10-11H,4-5,9H2,1-3H3,(H,23,25)(H,24,26). The molecule has 8 heteroatoms. The lowest BCUT2D eigenvalue weighted by molar-refractivity contribution is -0.116. The van der Waals surface area contributed by atoms with Crippen LogP contribution in [0.2, 0.25) is 0 Å². The minimum Gasteiger partial charge on any atom is -0.490 e. The summed E-state index contributed by atoms with van der Waals surface area (Å²) in [5, 5.41) is 5.08. The molecule has 0 heterocycles. The van der Waals surface area contributed by atoms with Gasteiger partial charge in [-0.25, -0.2) is 4.39 Å². The normalized spacial score (nSPS) is 10.3. The lowest BCUT2D eigenvalue weighted by Crippen LogP contribution is -2.15. The summed E-state index contributed by atoms with van der Waals surface area (Å²) in [5.74, 6) is -0.121. The third kappa shape index (κ3) is 5.95. The summed E-state index contributed by atoms with van der Waals surface area (Å²) in [6.45, 7) is 5.99. The van der Waals surface area contributed by atoms with Crippen molar-refractivity contribution in [3.8, 4) is 11.5 Å². The topological polar surface area (TPSA) is 76.7 Å². The molecule has 0 aliphatic rings. The van der Waals surface area contributed by atoms with E-state index in [2.05, 4.69) is 26.6 Å². The van der Waals surface area contributed by atoms with Gasteiger partial charge in [0.2, 0.25) is 11.8 Å². The van der Waals surface area contributed by atoms with Gasteiger partial charge >= 0.3 is 0 Å². The molecule has 0 aliphatic heterocycles. The maximum absolute atomic E-state index is 13.7. The predicted molar refractivity (Wildman–Crippen MR) is 110 cm³/mol. The van der Waals surface area contributed by atoms with Crippen molar-refractivity contribution < 1.29 is 23.5 Å². The fourth-order valence-corrected chi connectivity index (χ4v) is 2.98. The average Bonchev–Trinajstić information content (AvgIpc) is 2.61. The average molecular weight is 453 g/mol. The van der Waals surface area contributed by atoms with E-state index >= 15 is 0 Å². The highest BCUT2D eigenvalue weighted by molar-refractivity contribution is 9.10. The van der Waals surface area contributed by atoms with Crippen molar-refractivity contribution in [2.24, 2.45) is 0 Å². The summed E-state index contributed by atoms with van der Waals surface area (Å²) in [4.78, 5) is 23.6. The molecule has 0 fully saturated rings.